The molecule has 4 aromatic rings. The Bertz CT molecular complexity index is 1040. The van der Waals surface area contributed by atoms with Crippen LogP contribution in [0.3, 0.4) is 0 Å². The fourth-order valence-electron chi connectivity index (χ4n) is 2.35. The lowest BCUT2D eigenvalue weighted by atomic mass is 10.4. The van der Waals surface area contributed by atoms with Crippen LogP contribution in [0.25, 0.3) is 22.7 Å². The summed E-state index contributed by atoms with van der Waals surface area (Å²) in [5.74, 6) is 1.54. The van der Waals surface area contributed by atoms with Crippen LogP contribution in [0.1, 0.15) is 11.5 Å². The van der Waals surface area contributed by atoms with Crippen molar-refractivity contribution in [1.82, 2.24) is 14.8 Å². The Morgan fingerprint density at radius 2 is 2.12 bits per heavy atom. The molecular formula is C18H14N4O3S. The number of nitrogens with zero attached hydrogens (tertiary/aromatic N) is 3. The van der Waals surface area contributed by atoms with Crippen LogP contribution in [0.2, 0.25) is 0 Å². The number of nitrogens with one attached hydrogen (secondary N) is 1. The molecule has 8 heteroatoms. The van der Waals surface area contributed by atoms with Gasteiger partial charge in [-0.3, -0.25) is 4.79 Å². The molecule has 0 bridgehead atoms. The van der Waals surface area contributed by atoms with Gasteiger partial charge in [0.05, 0.1) is 18.2 Å². The minimum absolute atomic E-state index is 0.287. The van der Waals surface area contributed by atoms with Crippen molar-refractivity contribution in [3.05, 3.63) is 65.8 Å². The molecule has 1 N–H and O–H groups in total. The van der Waals surface area contributed by atoms with Gasteiger partial charge in [-0.15, -0.1) is 11.3 Å². The summed E-state index contributed by atoms with van der Waals surface area (Å²) in [6, 6.07) is 8.96. The first kappa shape index (κ1) is 16.1. The lowest BCUT2D eigenvalue weighted by Gasteiger charge is -2.03. The van der Waals surface area contributed by atoms with E-state index in [2.05, 4.69) is 15.4 Å². The maximum Gasteiger partial charge on any atom is 0.249 e. The molecule has 0 aromatic carbocycles. The van der Waals surface area contributed by atoms with E-state index in [4.69, 9.17) is 8.83 Å². The second kappa shape index (κ2) is 6.85. The summed E-state index contributed by atoms with van der Waals surface area (Å²) in [6.07, 6.45) is 6.15. The van der Waals surface area contributed by atoms with E-state index in [1.807, 2.05) is 24.4 Å². The van der Waals surface area contributed by atoms with E-state index < -0.39 is 0 Å². The Kier molecular flexibility index (Phi) is 4.24. The molecule has 0 atom stereocenters. The third-order valence-corrected chi connectivity index (χ3v) is 4.29. The first-order valence-corrected chi connectivity index (χ1v) is 8.66. The Morgan fingerprint density at radius 1 is 1.27 bits per heavy atom. The van der Waals surface area contributed by atoms with Crippen molar-refractivity contribution in [2.24, 2.45) is 0 Å². The Morgan fingerprint density at radius 3 is 2.88 bits per heavy atom. The average molecular weight is 366 g/mol. The number of rotatable bonds is 5. The molecule has 0 aliphatic rings. The molecule has 0 radical (unpaired) electrons. The summed E-state index contributed by atoms with van der Waals surface area (Å²) in [7, 11) is 0. The molecule has 4 rings (SSSR count). The number of hydrogen-bond donors (Lipinski definition) is 1. The quantitative estimate of drug-likeness (QED) is 0.537. The highest BCUT2D eigenvalue weighted by Gasteiger charge is 2.14. The minimum Gasteiger partial charge on any atom is -0.465 e. The fraction of sp³-hybridized carbons (Fsp3) is 0.0556. The maximum atomic E-state index is 12.2. The number of amides is 1. The Hall–Kier alpha value is -3.39. The van der Waals surface area contributed by atoms with Crippen molar-refractivity contribution >= 4 is 29.1 Å². The Labute approximate surface area is 152 Å². The van der Waals surface area contributed by atoms with Crippen molar-refractivity contribution < 1.29 is 13.6 Å². The van der Waals surface area contributed by atoms with Crippen LogP contribution in [-0.4, -0.2) is 20.7 Å². The highest BCUT2D eigenvalue weighted by Crippen LogP contribution is 2.26. The minimum atomic E-state index is -0.287. The zero-order valence-electron chi connectivity index (χ0n) is 13.7. The van der Waals surface area contributed by atoms with Gasteiger partial charge in [0.1, 0.15) is 17.3 Å². The molecule has 7 nitrogen and oxygen atoms in total. The van der Waals surface area contributed by atoms with Crippen molar-refractivity contribution in [3.8, 4) is 16.6 Å². The van der Waals surface area contributed by atoms with Gasteiger partial charge in [0, 0.05) is 17.5 Å². The average Bonchev–Trinajstić information content (AvgIpc) is 3.39. The van der Waals surface area contributed by atoms with Crippen molar-refractivity contribution in [1.29, 1.82) is 0 Å². The van der Waals surface area contributed by atoms with Crippen molar-refractivity contribution in [2.75, 3.05) is 5.32 Å². The molecule has 130 valence electrons. The molecule has 0 fully saturated rings. The van der Waals surface area contributed by atoms with E-state index in [-0.39, 0.29) is 5.91 Å². The number of hydrogen-bond acceptors (Lipinski definition) is 6. The van der Waals surface area contributed by atoms with Gasteiger partial charge in [-0.05, 0) is 37.3 Å². The van der Waals surface area contributed by atoms with Crippen LogP contribution in [0.5, 0.6) is 0 Å². The summed E-state index contributed by atoms with van der Waals surface area (Å²) in [5.41, 5.74) is 1.49. The van der Waals surface area contributed by atoms with Crippen molar-refractivity contribution in [3.63, 3.8) is 0 Å². The fourth-order valence-corrected chi connectivity index (χ4v) is 3.12. The normalized spacial score (nSPS) is 11.3. The molecular weight excluding hydrogens is 352 g/mol. The first-order valence-electron chi connectivity index (χ1n) is 7.78. The smallest absolute Gasteiger partial charge is 0.249 e. The zero-order chi connectivity index (χ0) is 17.9. The van der Waals surface area contributed by atoms with Gasteiger partial charge in [0.15, 0.2) is 5.76 Å². The SMILES string of the molecule is Cc1cc(NC(=O)/C=C/c2ccco2)n(-c2nc(-c3ccco3)cs2)n1. The summed E-state index contributed by atoms with van der Waals surface area (Å²) in [6.45, 7) is 1.85. The number of furan rings is 2. The molecule has 4 heterocycles. The summed E-state index contributed by atoms with van der Waals surface area (Å²) in [5, 5.41) is 9.74. The molecule has 26 heavy (non-hydrogen) atoms. The predicted molar refractivity (Wildman–Crippen MR) is 98.0 cm³/mol. The summed E-state index contributed by atoms with van der Waals surface area (Å²) in [4.78, 5) is 16.7. The Balaban J connectivity index is 1.56. The third-order valence-electron chi connectivity index (χ3n) is 3.47. The standard InChI is InChI=1S/C18H14N4O3S/c1-12-10-16(20-17(23)7-6-13-4-2-8-24-13)22(21-12)18-19-14(11-26-18)15-5-3-9-25-15/h2-11H,1H3,(H,20,23)/b7-6+. The first-order chi connectivity index (χ1) is 12.7. The van der Waals surface area contributed by atoms with E-state index in [0.717, 1.165) is 11.4 Å². The topological polar surface area (TPSA) is 86.1 Å². The molecule has 0 unspecified atom stereocenters. The summed E-state index contributed by atoms with van der Waals surface area (Å²) < 4.78 is 12.1. The van der Waals surface area contributed by atoms with Crippen LogP contribution >= 0.6 is 11.3 Å². The predicted octanol–water partition coefficient (Wildman–Crippen LogP) is 4.14. The van der Waals surface area contributed by atoms with E-state index in [0.29, 0.717) is 22.5 Å². The van der Waals surface area contributed by atoms with Crippen LogP contribution < -0.4 is 5.32 Å². The van der Waals surface area contributed by atoms with E-state index in [1.54, 1.807) is 41.5 Å². The maximum absolute atomic E-state index is 12.2. The number of aryl methyl sites for hydroxylation is 1. The van der Waals surface area contributed by atoms with Crippen LogP contribution in [0.4, 0.5) is 5.82 Å². The number of aromatic nitrogens is 3. The molecule has 0 saturated carbocycles. The molecule has 0 spiro atoms. The van der Waals surface area contributed by atoms with E-state index in [9.17, 15) is 4.79 Å². The lowest BCUT2D eigenvalue weighted by molar-refractivity contribution is -0.111. The molecule has 1 amide bonds. The van der Waals surface area contributed by atoms with Gasteiger partial charge in [-0.1, -0.05) is 0 Å². The summed E-state index contributed by atoms with van der Waals surface area (Å²) >= 11 is 1.41. The lowest BCUT2D eigenvalue weighted by Crippen LogP contribution is -2.12. The van der Waals surface area contributed by atoms with Crippen LogP contribution in [-0.2, 0) is 4.79 Å². The highest BCUT2D eigenvalue weighted by atomic mass is 32.1. The van der Waals surface area contributed by atoms with Gasteiger partial charge in [-0.25, -0.2) is 4.98 Å². The van der Waals surface area contributed by atoms with Gasteiger partial charge < -0.3 is 14.2 Å². The van der Waals surface area contributed by atoms with Crippen LogP contribution in [0.15, 0.2) is 63.1 Å². The number of carbonyl (C=O) groups is 1. The monoisotopic (exact) mass is 366 g/mol. The third kappa shape index (κ3) is 3.35. The zero-order valence-corrected chi connectivity index (χ0v) is 14.6. The van der Waals surface area contributed by atoms with Gasteiger partial charge >= 0.3 is 0 Å². The largest absolute Gasteiger partial charge is 0.465 e. The molecule has 0 saturated heterocycles. The van der Waals surface area contributed by atoms with Gasteiger partial charge in [0.25, 0.3) is 0 Å². The highest BCUT2D eigenvalue weighted by molar-refractivity contribution is 7.12. The van der Waals surface area contributed by atoms with Gasteiger partial charge in [-0.2, -0.15) is 9.78 Å². The second-order valence-corrected chi connectivity index (χ2v) is 6.25. The van der Waals surface area contributed by atoms with Crippen LogP contribution in [0, 0.1) is 6.92 Å². The van der Waals surface area contributed by atoms with E-state index >= 15 is 0 Å². The molecule has 0 aliphatic heterocycles. The van der Waals surface area contributed by atoms with E-state index in [1.165, 1.54) is 17.4 Å². The number of thiazole rings is 1. The molecule has 4 aromatic heterocycles. The molecule has 0 aliphatic carbocycles. The van der Waals surface area contributed by atoms with Crippen molar-refractivity contribution in [2.45, 2.75) is 6.92 Å². The number of anilines is 1. The van der Waals surface area contributed by atoms with Gasteiger partial charge in [0.2, 0.25) is 11.0 Å². The number of carbonyl (C=O) groups excluding carboxylic acids is 1. The second-order valence-electron chi connectivity index (χ2n) is 5.41.